The van der Waals surface area contributed by atoms with E-state index in [0.717, 1.165) is 0 Å². The quantitative estimate of drug-likeness (QED) is 0.854. The first-order valence-electron chi connectivity index (χ1n) is 4.62. The van der Waals surface area contributed by atoms with Gasteiger partial charge < -0.3 is 0 Å². The number of anilines is 1. The summed E-state index contributed by atoms with van der Waals surface area (Å²) in [6, 6.07) is 4.42. The Hall–Kier alpha value is -1.60. The summed E-state index contributed by atoms with van der Waals surface area (Å²) in [7, 11) is -2.06. The Bertz CT molecular complexity index is 638. The number of nitrogens with zero attached hydrogens (tertiary/aromatic N) is 3. The minimum atomic E-state index is -3.75. The van der Waals surface area contributed by atoms with E-state index in [0.29, 0.717) is 0 Å². The van der Waals surface area contributed by atoms with Crippen molar-refractivity contribution >= 4 is 27.4 Å². The van der Waals surface area contributed by atoms with Gasteiger partial charge in [-0.05, 0) is 12.1 Å². The van der Waals surface area contributed by atoms with Gasteiger partial charge in [0.05, 0.1) is 0 Å². The van der Waals surface area contributed by atoms with Crippen LogP contribution < -0.4 is 4.72 Å². The molecule has 0 atom stereocenters. The Morgan fingerprint density at radius 1 is 1.41 bits per heavy atom. The molecule has 0 aliphatic heterocycles. The van der Waals surface area contributed by atoms with Crippen LogP contribution in [-0.2, 0) is 17.1 Å². The van der Waals surface area contributed by atoms with E-state index in [1.807, 2.05) is 0 Å². The number of aryl methyl sites for hydroxylation is 1. The third-order valence-corrected chi connectivity index (χ3v) is 3.77. The lowest BCUT2D eigenvalue weighted by atomic mass is 10.5. The van der Waals surface area contributed by atoms with Gasteiger partial charge in [-0.1, -0.05) is 11.6 Å². The van der Waals surface area contributed by atoms with Crippen molar-refractivity contribution in [1.82, 2.24) is 14.8 Å². The number of sulfonamides is 1. The first-order valence-corrected chi connectivity index (χ1v) is 6.48. The molecule has 0 unspecified atom stereocenters. The molecular formula is C9H9ClN4O2S. The SMILES string of the molecule is Cn1ccc(NS(=O)(=O)c2cccnc2Cl)n1. The summed E-state index contributed by atoms with van der Waals surface area (Å²) in [4.78, 5) is 3.64. The third-order valence-electron chi connectivity index (χ3n) is 1.97. The lowest BCUT2D eigenvalue weighted by molar-refractivity contribution is 0.600. The lowest BCUT2D eigenvalue weighted by Gasteiger charge is -2.05. The molecule has 8 heteroatoms. The molecule has 0 spiro atoms. The van der Waals surface area contributed by atoms with Gasteiger partial charge in [0.15, 0.2) is 5.82 Å². The van der Waals surface area contributed by atoms with Gasteiger partial charge in [-0.2, -0.15) is 5.10 Å². The van der Waals surface area contributed by atoms with Gasteiger partial charge in [0, 0.05) is 25.5 Å². The van der Waals surface area contributed by atoms with Crippen molar-refractivity contribution in [3.63, 3.8) is 0 Å². The van der Waals surface area contributed by atoms with Crippen LogP contribution in [0.3, 0.4) is 0 Å². The predicted octanol–water partition coefficient (Wildman–Crippen LogP) is 1.27. The molecule has 0 fully saturated rings. The van der Waals surface area contributed by atoms with Crippen molar-refractivity contribution in [2.75, 3.05) is 4.72 Å². The minimum Gasteiger partial charge on any atom is -0.274 e. The van der Waals surface area contributed by atoms with Crippen LogP contribution in [0.15, 0.2) is 35.5 Å². The van der Waals surface area contributed by atoms with Crippen LogP contribution in [0.1, 0.15) is 0 Å². The standard InChI is InChI=1S/C9H9ClN4O2S/c1-14-6-4-8(12-14)13-17(15,16)7-3-2-5-11-9(7)10/h2-6H,1H3,(H,12,13). The Labute approximate surface area is 103 Å². The van der Waals surface area contributed by atoms with Crippen molar-refractivity contribution in [3.05, 3.63) is 35.7 Å². The van der Waals surface area contributed by atoms with Gasteiger partial charge in [-0.15, -0.1) is 0 Å². The van der Waals surface area contributed by atoms with Crippen LogP contribution in [0.2, 0.25) is 5.15 Å². The van der Waals surface area contributed by atoms with E-state index < -0.39 is 10.0 Å². The summed E-state index contributed by atoms with van der Waals surface area (Å²) in [6.07, 6.45) is 3.05. The lowest BCUT2D eigenvalue weighted by Crippen LogP contribution is -2.14. The second-order valence-corrected chi connectivity index (χ2v) is 5.28. The molecule has 0 aliphatic rings. The van der Waals surface area contributed by atoms with E-state index in [4.69, 9.17) is 11.6 Å². The molecule has 17 heavy (non-hydrogen) atoms. The van der Waals surface area contributed by atoms with Crippen molar-refractivity contribution in [2.24, 2.45) is 7.05 Å². The number of halogens is 1. The van der Waals surface area contributed by atoms with Crippen LogP contribution in [0.4, 0.5) is 5.82 Å². The zero-order chi connectivity index (χ0) is 12.5. The topological polar surface area (TPSA) is 76.9 Å². The normalized spacial score (nSPS) is 11.4. The zero-order valence-electron chi connectivity index (χ0n) is 8.83. The van der Waals surface area contributed by atoms with Crippen molar-refractivity contribution in [1.29, 1.82) is 0 Å². The monoisotopic (exact) mass is 272 g/mol. The Balaban J connectivity index is 2.35. The van der Waals surface area contributed by atoms with Crippen molar-refractivity contribution in [3.8, 4) is 0 Å². The molecule has 0 radical (unpaired) electrons. The highest BCUT2D eigenvalue weighted by atomic mass is 35.5. The summed E-state index contributed by atoms with van der Waals surface area (Å²) in [5.41, 5.74) is 0. The molecule has 0 amide bonds. The highest BCUT2D eigenvalue weighted by molar-refractivity contribution is 7.92. The molecule has 2 aromatic rings. The van der Waals surface area contributed by atoms with E-state index >= 15 is 0 Å². The van der Waals surface area contributed by atoms with Crippen LogP contribution in [-0.4, -0.2) is 23.2 Å². The van der Waals surface area contributed by atoms with Crippen LogP contribution in [0.5, 0.6) is 0 Å². The van der Waals surface area contributed by atoms with Gasteiger partial charge >= 0.3 is 0 Å². The van der Waals surface area contributed by atoms with Gasteiger partial charge in [0.25, 0.3) is 10.0 Å². The average Bonchev–Trinajstić information content (AvgIpc) is 2.63. The number of pyridine rings is 1. The van der Waals surface area contributed by atoms with E-state index in [-0.39, 0.29) is 15.9 Å². The number of aromatic nitrogens is 3. The Morgan fingerprint density at radius 3 is 2.76 bits per heavy atom. The minimum absolute atomic E-state index is 0.0732. The molecule has 1 N–H and O–H groups in total. The highest BCUT2D eigenvalue weighted by Gasteiger charge is 2.19. The van der Waals surface area contributed by atoms with Gasteiger partial charge in [0.2, 0.25) is 0 Å². The van der Waals surface area contributed by atoms with E-state index in [1.165, 1.54) is 23.0 Å². The molecule has 0 saturated carbocycles. The van der Waals surface area contributed by atoms with Crippen LogP contribution in [0, 0.1) is 0 Å². The third kappa shape index (κ3) is 2.56. The van der Waals surface area contributed by atoms with E-state index in [9.17, 15) is 8.42 Å². The number of nitrogens with one attached hydrogen (secondary N) is 1. The molecule has 0 bridgehead atoms. The molecule has 2 rings (SSSR count). The van der Waals surface area contributed by atoms with Gasteiger partial charge in [-0.3, -0.25) is 9.40 Å². The van der Waals surface area contributed by atoms with Crippen molar-refractivity contribution < 1.29 is 8.42 Å². The summed E-state index contributed by atoms with van der Waals surface area (Å²) < 4.78 is 27.7. The van der Waals surface area contributed by atoms with Crippen molar-refractivity contribution in [2.45, 2.75) is 4.90 Å². The Morgan fingerprint density at radius 2 is 2.18 bits per heavy atom. The molecule has 6 nitrogen and oxygen atoms in total. The van der Waals surface area contributed by atoms with Gasteiger partial charge in [-0.25, -0.2) is 13.4 Å². The highest BCUT2D eigenvalue weighted by Crippen LogP contribution is 2.20. The fraction of sp³-hybridized carbons (Fsp3) is 0.111. The molecule has 0 aromatic carbocycles. The maximum absolute atomic E-state index is 11.9. The van der Waals surface area contributed by atoms with Gasteiger partial charge in [0.1, 0.15) is 10.0 Å². The van der Waals surface area contributed by atoms with E-state index in [2.05, 4.69) is 14.8 Å². The fourth-order valence-corrected chi connectivity index (χ4v) is 2.68. The van der Waals surface area contributed by atoms with Crippen LogP contribution >= 0.6 is 11.6 Å². The summed E-state index contributed by atoms with van der Waals surface area (Å²) >= 11 is 5.72. The smallest absolute Gasteiger partial charge is 0.266 e. The molecule has 0 aliphatic carbocycles. The fourth-order valence-electron chi connectivity index (χ4n) is 1.23. The molecule has 90 valence electrons. The second-order valence-electron chi connectivity index (χ2n) is 3.27. The maximum atomic E-state index is 11.9. The number of hydrogen-bond donors (Lipinski definition) is 1. The molecule has 2 heterocycles. The summed E-state index contributed by atoms with van der Waals surface area (Å²) in [5.74, 6) is 0.229. The first-order chi connectivity index (χ1) is 7.99. The number of rotatable bonds is 3. The molecular weight excluding hydrogens is 264 g/mol. The van der Waals surface area contributed by atoms with E-state index in [1.54, 1.807) is 19.3 Å². The second kappa shape index (κ2) is 4.34. The largest absolute Gasteiger partial charge is 0.274 e. The van der Waals surface area contributed by atoms with Crippen LogP contribution in [0.25, 0.3) is 0 Å². The molecule has 2 aromatic heterocycles. The zero-order valence-corrected chi connectivity index (χ0v) is 10.4. The predicted molar refractivity (Wildman–Crippen MR) is 63.3 cm³/mol. The summed E-state index contributed by atoms with van der Waals surface area (Å²) in [6.45, 7) is 0. The summed E-state index contributed by atoms with van der Waals surface area (Å²) in [5, 5.41) is 3.84. The first kappa shape index (κ1) is 11.9. The number of hydrogen-bond acceptors (Lipinski definition) is 4. The molecule has 0 saturated heterocycles. The average molecular weight is 273 g/mol. The Kier molecular flexibility index (Phi) is 3.03. The maximum Gasteiger partial charge on any atom is 0.266 e.